The van der Waals surface area contributed by atoms with Gasteiger partial charge in [0.15, 0.2) is 0 Å². The van der Waals surface area contributed by atoms with E-state index in [1.165, 1.54) is 14.2 Å². The van der Waals surface area contributed by atoms with Crippen molar-refractivity contribution in [1.82, 2.24) is 10.2 Å². The Hall–Kier alpha value is -2.24. The van der Waals surface area contributed by atoms with Crippen LogP contribution in [0.25, 0.3) is 0 Å². The van der Waals surface area contributed by atoms with Crippen LogP contribution in [-0.4, -0.2) is 49.6 Å². The summed E-state index contributed by atoms with van der Waals surface area (Å²) in [6.45, 7) is 4.48. The fourth-order valence-electron chi connectivity index (χ4n) is 2.53. The summed E-state index contributed by atoms with van der Waals surface area (Å²) in [7, 11) is 3.07. The highest BCUT2D eigenvalue weighted by molar-refractivity contribution is 5.96. The molecule has 1 fully saturated rings. The first-order valence-electron chi connectivity index (χ1n) is 7.28. The van der Waals surface area contributed by atoms with Crippen molar-refractivity contribution < 1.29 is 19.1 Å². The van der Waals surface area contributed by atoms with Gasteiger partial charge in [-0.15, -0.1) is 0 Å². The molecule has 1 saturated heterocycles. The molecule has 0 aromatic heterocycles. The van der Waals surface area contributed by atoms with Gasteiger partial charge in [-0.3, -0.25) is 9.59 Å². The predicted octanol–water partition coefficient (Wildman–Crippen LogP) is 1.44. The zero-order valence-electron chi connectivity index (χ0n) is 13.4. The lowest BCUT2D eigenvalue weighted by atomic mass is 10.1. The van der Waals surface area contributed by atoms with Crippen molar-refractivity contribution in [3.63, 3.8) is 0 Å². The van der Waals surface area contributed by atoms with Crippen molar-refractivity contribution >= 4 is 11.8 Å². The monoisotopic (exact) mass is 306 g/mol. The molecule has 1 N–H and O–H groups in total. The van der Waals surface area contributed by atoms with Crippen LogP contribution < -0.4 is 14.8 Å². The summed E-state index contributed by atoms with van der Waals surface area (Å²) in [5.74, 6) is 0.940. The molecule has 6 nitrogen and oxygen atoms in total. The molecular weight excluding hydrogens is 284 g/mol. The molecule has 1 atom stereocenters. The summed E-state index contributed by atoms with van der Waals surface area (Å²) in [6.07, 6.45) is 0.338. The number of carbonyl (C=O) groups is 2. The second-order valence-electron chi connectivity index (χ2n) is 5.62. The summed E-state index contributed by atoms with van der Waals surface area (Å²) in [4.78, 5) is 26.0. The predicted molar refractivity (Wildman–Crippen MR) is 82.3 cm³/mol. The molecule has 0 spiro atoms. The topological polar surface area (TPSA) is 67.9 Å². The van der Waals surface area contributed by atoms with Crippen LogP contribution in [0.5, 0.6) is 11.5 Å². The number of nitrogens with one attached hydrogen (secondary N) is 1. The van der Waals surface area contributed by atoms with Crippen LogP contribution in [0.1, 0.15) is 30.6 Å². The fraction of sp³-hybridized carbons (Fsp3) is 0.500. The second kappa shape index (κ2) is 6.68. The molecule has 6 heteroatoms. The standard InChI is InChI=1S/C16H22N2O4/c1-10(2)18-9-12(7-15(18)19)17-16(20)11-5-13(21-3)8-14(6-11)22-4/h5-6,8,10,12H,7,9H2,1-4H3,(H,17,20). The minimum Gasteiger partial charge on any atom is -0.497 e. The van der Waals surface area contributed by atoms with Crippen LogP contribution >= 0.6 is 0 Å². The number of rotatable bonds is 5. The van der Waals surface area contributed by atoms with Crippen LogP contribution in [0.15, 0.2) is 18.2 Å². The number of hydrogen-bond acceptors (Lipinski definition) is 4. The zero-order valence-corrected chi connectivity index (χ0v) is 13.4. The van der Waals surface area contributed by atoms with E-state index < -0.39 is 0 Å². The Labute approximate surface area is 130 Å². The molecule has 1 aliphatic rings. The van der Waals surface area contributed by atoms with Crippen LogP contribution in [0.4, 0.5) is 0 Å². The first-order valence-corrected chi connectivity index (χ1v) is 7.28. The van der Waals surface area contributed by atoms with E-state index in [-0.39, 0.29) is 23.9 Å². The highest BCUT2D eigenvalue weighted by atomic mass is 16.5. The van der Waals surface area contributed by atoms with E-state index in [2.05, 4.69) is 5.32 Å². The third-order valence-electron chi connectivity index (χ3n) is 3.73. The number of ether oxygens (including phenoxy) is 2. The van der Waals surface area contributed by atoms with Crippen molar-refractivity contribution in [3.8, 4) is 11.5 Å². The average molecular weight is 306 g/mol. The summed E-state index contributed by atoms with van der Waals surface area (Å²) < 4.78 is 10.3. The maximum absolute atomic E-state index is 12.4. The summed E-state index contributed by atoms with van der Waals surface area (Å²) >= 11 is 0. The van der Waals surface area contributed by atoms with E-state index in [4.69, 9.17) is 9.47 Å². The smallest absolute Gasteiger partial charge is 0.251 e. The van der Waals surface area contributed by atoms with Gasteiger partial charge in [0.05, 0.1) is 20.3 Å². The van der Waals surface area contributed by atoms with Gasteiger partial charge in [0.1, 0.15) is 11.5 Å². The van der Waals surface area contributed by atoms with Crippen molar-refractivity contribution in [2.45, 2.75) is 32.4 Å². The number of carbonyl (C=O) groups excluding carboxylic acids is 2. The molecule has 120 valence electrons. The van der Waals surface area contributed by atoms with Gasteiger partial charge in [-0.05, 0) is 26.0 Å². The summed E-state index contributed by atoms with van der Waals surface area (Å²) in [6, 6.07) is 4.98. The summed E-state index contributed by atoms with van der Waals surface area (Å²) in [5, 5.41) is 2.90. The third kappa shape index (κ3) is 3.50. The van der Waals surface area contributed by atoms with E-state index >= 15 is 0 Å². The molecule has 0 bridgehead atoms. The average Bonchev–Trinajstić information content (AvgIpc) is 2.87. The van der Waals surface area contributed by atoms with E-state index in [9.17, 15) is 9.59 Å². The van der Waals surface area contributed by atoms with E-state index in [0.29, 0.717) is 30.0 Å². The molecule has 22 heavy (non-hydrogen) atoms. The first-order chi connectivity index (χ1) is 10.4. The van der Waals surface area contributed by atoms with E-state index in [1.807, 2.05) is 13.8 Å². The molecular formula is C16H22N2O4. The normalized spacial score (nSPS) is 17.8. The van der Waals surface area contributed by atoms with Gasteiger partial charge in [0.2, 0.25) is 5.91 Å². The number of amides is 2. The lowest BCUT2D eigenvalue weighted by Gasteiger charge is -2.21. The molecule has 0 aliphatic carbocycles. The van der Waals surface area contributed by atoms with Crippen LogP contribution in [0.2, 0.25) is 0 Å². The molecule has 0 saturated carbocycles. The zero-order chi connectivity index (χ0) is 16.3. The molecule has 1 unspecified atom stereocenters. The van der Waals surface area contributed by atoms with E-state index in [0.717, 1.165) is 0 Å². The number of nitrogens with zero attached hydrogens (tertiary/aromatic N) is 1. The van der Waals surface area contributed by atoms with Gasteiger partial charge in [-0.25, -0.2) is 0 Å². The Morgan fingerprint density at radius 3 is 2.27 bits per heavy atom. The molecule has 1 aromatic rings. The second-order valence-corrected chi connectivity index (χ2v) is 5.62. The molecule has 0 radical (unpaired) electrons. The first kappa shape index (κ1) is 16.1. The van der Waals surface area contributed by atoms with Crippen molar-refractivity contribution in [1.29, 1.82) is 0 Å². The lowest BCUT2D eigenvalue weighted by Crippen LogP contribution is -2.38. The molecule has 2 rings (SSSR count). The third-order valence-corrected chi connectivity index (χ3v) is 3.73. The minimum absolute atomic E-state index is 0.0727. The Balaban J connectivity index is 2.08. The Morgan fingerprint density at radius 2 is 1.82 bits per heavy atom. The largest absolute Gasteiger partial charge is 0.497 e. The molecule has 1 aromatic carbocycles. The van der Waals surface area contributed by atoms with Crippen molar-refractivity contribution in [2.75, 3.05) is 20.8 Å². The molecule has 1 heterocycles. The minimum atomic E-state index is -0.236. The Bertz CT molecular complexity index is 549. The fourth-order valence-corrected chi connectivity index (χ4v) is 2.53. The maximum Gasteiger partial charge on any atom is 0.251 e. The van der Waals surface area contributed by atoms with Gasteiger partial charge >= 0.3 is 0 Å². The van der Waals surface area contributed by atoms with Gasteiger partial charge in [-0.2, -0.15) is 0 Å². The quantitative estimate of drug-likeness (QED) is 0.894. The highest BCUT2D eigenvalue weighted by Crippen LogP contribution is 2.23. The Morgan fingerprint density at radius 1 is 1.23 bits per heavy atom. The maximum atomic E-state index is 12.4. The van der Waals surface area contributed by atoms with Gasteiger partial charge in [0, 0.05) is 30.6 Å². The Kier molecular flexibility index (Phi) is 4.90. The van der Waals surface area contributed by atoms with Crippen LogP contribution in [0, 0.1) is 0 Å². The number of hydrogen-bond donors (Lipinski definition) is 1. The number of methoxy groups -OCH3 is 2. The van der Waals surface area contributed by atoms with Crippen LogP contribution in [-0.2, 0) is 4.79 Å². The van der Waals surface area contributed by atoms with Gasteiger partial charge in [-0.1, -0.05) is 0 Å². The van der Waals surface area contributed by atoms with Gasteiger partial charge < -0.3 is 19.7 Å². The summed E-state index contributed by atoms with van der Waals surface area (Å²) in [5.41, 5.74) is 0.451. The number of likely N-dealkylation sites (tertiary alicyclic amines) is 1. The number of benzene rings is 1. The van der Waals surface area contributed by atoms with Crippen molar-refractivity contribution in [2.24, 2.45) is 0 Å². The molecule has 1 aliphatic heterocycles. The van der Waals surface area contributed by atoms with Crippen LogP contribution in [0.3, 0.4) is 0 Å². The molecule has 2 amide bonds. The lowest BCUT2D eigenvalue weighted by molar-refractivity contribution is -0.129. The van der Waals surface area contributed by atoms with E-state index in [1.54, 1.807) is 23.1 Å². The van der Waals surface area contributed by atoms with Gasteiger partial charge in [0.25, 0.3) is 5.91 Å². The SMILES string of the molecule is COc1cc(OC)cc(C(=O)NC2CC(=O)N(C(C)C)C2)c1. The highest BCUT2D eigenvalue weighted by Gasteiger charge is 2.32. The van der Waals surface area contributed by atoms with Crippen molar-refractivity contribution in [3.05, 3.63) is 23.8 Å².